The van der Waals surface area contributed by atoms with Gasteiger partial charge in [-0.15, -0.1) is 11.3 Å². The molecule has 0 aliphatic carbocycles. The van der Waals surface area contributed by atoms with Crippen LogP contribution in [-0.4, -0.2) is 18.8 Å². The minimum Gasteiger partial charge on any atom is -0.360 e. The number of rotatable bonds is 3. The number of halogens is 4. The number of nitrogens with zero attached hydrogens (tertiary/aromatic N) is 2. The average molecular weight is 338 g/mol. The summed E-state index contributed by atoms with van der Waals surface area (Å²) in [6.45, 7) is 0.516. The highest BCUT2D eigenvalue weighted by molar-refractivity contribution is 7.94. The molecule has 0 spiro atoms. The normalized spacial score (nSPS) is 20.1. The maximum Gasteiger partial charge on any atom is 0.391 e. The van der Waals surface area contributed by atoms with Crippen molar-refractivity contribution >= 4 is 28.5 Å². The molecule has 8 heteroatoms. The largest absolute Gasteiger partial charge is 0.391 e. The van der Waals surface area contributed by atoms with Crippen LogP contribution in [0.2, 0.25) is 0 Å². The molecule has 2 heterocycles. The lowest BCUT2D eigenvalue weighted by Crippen LogP contribution is -2.37. The maximum absolute atomic E-state index is 12.8. The summed E-state index contributed by atoms with van der Waals surface area (Å²) in [5.74, 6) is 0. The molecule has 0 amide bonds. The van der Waals surface area contributed by atoms with Gasteiger partial charge in [-0.2, -0.15) is 22.3 Å². The lowest BCUT2D eigenvalue weighted by molar-refractivity contribution is -0.138. The predicted molar refractivity (Wildman–Crippen MR) is 76.3 cm³/mol. The van der Waals surface area contributed by atoms with Crippen LogP contribution in [0.4, 0.5) is 22.1 Å². The fourth-order valence-electron chi connectivity index (χ4n) is 2.59. The Morgan fingerprint density at radius 2 is 2.14 bits per heavy atom. The van der Waals surface area contributed by atoms with Crippen molar-refractivity contribution in [3.05, 3.63) is 10.9 Å². The third kappa shape index (κ3) is 4.27. The number of thiophene rings is 1. The summed E-state index contributed by atoms with van der Waals surface area (Å²) in [7, 11) is 0. The molecule has 21 heavy (non-hydrogen) atoms. The summed E-state index contributed by atoms with van der Waals surface area (Å²) < 4.78 is 51.0. The molecule has 2 nitrogen and oxygen atoms in total. The summed E-state index contributed by atoms with van der Waals surface area (Å²) in [4.78, 5) is 2.10. The Kier molecular flexibility index (Phi) is 5.38. The molecular weight excluding hydrogens is 324 g/mol. The van der Waals surface area contributed by atoms with Crippen molar-refractivity contribution in [2.24, 2.45) is 0 Å². The van der Waals surface area contributed by atoms with Crippen LogP contribution in [0.1, 0.15) is 37.0 Å². The van der Waals surface area contributed by atoms with Gasteiger partial charge in [-0.05, 0) is 18.9 Å². The van der Waals surface area contributed by atoms with Crippen molar-refractivity contribution in [2.45, 2.75) is 49.2 Å². The molecule has 116 valence electrons. The Morgan fingerprint density at radius 3 is 2.71 bits per heavy atom. The van der Waals surface area contributed by atoms with Gasteiger partial charge in [0.05, 0.1) is 28.5 Å². The van der Waals surface area contributed by atoms with Crippen molar-refractivity contribution in [3.8, 4) is 6.07 Å². The zero-order valence-electron chi connectivity index (χ0n) is 11.1. The van der Waals surface area contributed by atoms with Gasteiger partial charge in [0.15, 0.2) is 0 Å². The Labute approximate surface area is 129 Å². The van der Waals surface area contributed by atoms with Crippen LogP contribution in [-0.2, 0) is 0 Å². The van der Waals surface area contributed by atoms with E-state index in [0.717, 1.165) is 30.6 Å². The molecule has 0 aromatic carbocycles. The minimum absolute atomic E-state index is 0.0366. The Bertz CT molecular complexity index is 521. The summed E-state index contributed by atoms with van der Waals surface area (Å²) in [5, 5.41) is 9.51. The quantitative estimate of drug-likeness (QED) is 0.700. The zero-order valence-corrected chi connectivity index (χ0v) is 12.8. The molecule has 0 bridgehead atoms. The van der Waals surface area contributed by atoms with Crippen LogP contribution >= 0.6 is 23.5 Å². The van der Waals surface area contributed by atoms with E-state index < -0.39 is 18.6 Å². The standard InChI is InChI=1S/C13H14F4N2S2/c14-13(15,16)7-9-4-2-1-3-5-19(9)12-6-10(21-17)11(8-18)20-12/h6,9H,1-5,7H2. The first-order chi connectivity index (χ1) is 9.94. The van der Waals surface area contributed by atoms with E-state index in [9.17, 15) is 17.1 Å². The van der Waals surface area contributed by atoms with E-state index in [1.165, 1.54) is 6.07 Å². The van der Waals surface area contributed by atoms with Crippen LogP contribution in [0.5, 0.6) is 0 Å². The summed E-state index contributed by atoms with van der Waals surface area (Å²) in [6, 6.07) is 2.75. The topological polar surface area (TPSA) is 27.0 Å². The first-order valence-electron chi connectivity index (χ1n) is 6.60. The van der Waals surface area contributed by atoms with E-state index in [2.05, 4.69) is 0 Å². The molecular formula is C13H14F4N2S2. The second kappa shape index (κ2) is 6.88. The number of anilines is 1. The number of alkyl halides is 3. The van der Waals surface area contributed by atoms with Crippen molar-refractivity contribution in [1.82, 2.24) is 0 Å². The third-order valence-corrected chi connectivity index (χ3v) is 5.19. The average Bonchev–Trinajstić information content (AvgIpc) is 2.70. The van der Waals surface area contributed by atoms with Crippen LogP contribution in [0.3, 0.4) is 0 Å². The van der Waals surface area contributed by atoms with Crippen LogP contribution in [0, 0.1) is 11.3 Å². The van der Waals surface area contributed by atoms with Crippen LogP contribution in [0.25, 0.3) is 0 Å². The SMILES string of the molecule is N#Cc1sc(N2CCCCCC2CC(F)(F)F)cc1SF. The van der Waals surface area contributed by atoms with E-state index in [-0.39, 0.29) is 21.9 Å². The van der Waals surface area contributed by atoms with Crippen LogP contribution < -0.4 is 4.90 Å². The monoisotopic (exact) mass is 338 g/mol. The minimum atomic E-state index is -4.22. The second-order valence-electron chi connectivity index (χ2n) is 4.98. The van der Waals surface area contributed by atoms with E-state index in [1.807, 2.05) is 6.07 Å². The van der Waals surface area contributed by atoms with Gasteiger partial charge in [-0.1, -0.05) is 12.8 Å². The fraction of sp³-hybridized carbons (Fsp3) is 0.615. The molecule has 0 N–H and O–H groups in total. The number of nitriles is 1. The molecule has 1 fully saturated rings. The van der Waals surface area contributed by atoms with Crippen molar-refractivity contribution in [2.75, 3.05) is 11.4 Å². The summed E-state index contributed by atoms with van der Waals surface area (Å²) >= 11 is 1.03. The van der Waals surface area contributed by atoms with Crippen LogP contribution in [0.15, 0.2) is 11.0 Å². The van der Waals surface area contributed by atoms with Gasteiger partial charge >= 0.3 is 6.18 Å². The Balaban J connectivity index is 2.28. The van der Waals surface area contributed by atoms with Gasteiger partial charge < -0.3 is 4.90 Å². The van der Waals surface area contributed by atoms with E-state index in [1.54, 1.807) is 4.90 Å². The van der Waals surface area contributed by atoms with Gasteiger partial charge in [0.25, 0.3) is 0 Å². The highest BCUT2D eigenvalue weighted by Crippen LogP contribution is 2.40. The smallest absolute Gasteiger partial charge is 0.360 e. The molecule has 1 unspecified atom stereocenters. The van der Waals surface area contributed by atoms with Crippen molar-refractivity contribution in [1.29, 1.82) is 5.26 Å². The van der Waals surface area contributed by atoms with E-state index in [0.29, 0.717) is 18.0 Å². The highest BCUT2D eigenvalue weighted by atomic mass is 32.2. The summed E-state index contributed by atoms with van der Waals surface area (Å²) in [5.41, 5.74) is 0. The molecule has 1 aromatic rings. The number of hydrogen-bond acceptors (Lipinski definition) is 4. The molecule has 2 rings (SSSR count). The molecule has 1 aliphatic rings. The molecule has 0 radical (unpaired) electrons. The van der Waals surface area contributed by atoms with Gasteiger partial charge in [-0.3, -0.25) is 0 Å². The third-order valence-electron chi connectivity index (χ3n) is 3.50. The van der Waals surface area contributed by atoms with E-state index >= 15 is 0 Å². The molecule has 1 atom stereocenters. The lowest BCUT2D eigenvalue weighted by atomic mass is 10.1. The van der Waals surface area contributed by atoms with Crippen molar-refractivity contribution < 1.29 is 17.1 Å². The van der Waals surface area contributed by atoms with Gasteiger partial charge in [-0.25, -0.2) is 0 Å². The van der Waals surface area contributed by atoms with Gasteiger partial charge in [0.1, 0.15) is 10.9 Å². The molecule has 1 aromatic heterocycles. The number of hydrogen-bond donors (Lipinski definition) is 0. The highest BCUT2D eigenvalue weighted by Gasteiger charge is 2.36. The van der Waals surface area contributed by atoms with Gasteiger partial charge in [0.2, 0.25) is 0 Å². The van der Waals surface area contributed by atoms with E-state index in [4.69, 9.17) is 5.26 Å². The maximum atomic E-state index is 12.8. The first kappa shape index (κ1) is 16.4. The fourth-order valence-corrected chi connectivity index (χ4v) is 4.10. The predicted octanol–water partition coefficient (Wildman–Crippen LogP) is 5.30. The zero-order chi connectivity index (χ0) is 15.5. The first-order valence-corrected chi connectivity index (χ1v) is 8.14. The Morgan fingerprint density at radius 1 is 1.38 bits per heavy atom. The van der Waals surface area contributed by atoms with Gasteiger partial charge in [0, 0.05) is 12.6 Å². The summed E-state index contributed by atoms with van der Waals surface area (Å²) in [6.07, 6.45) is -2.15. The molecule has 1 aliphatic heterocycles. The van der Waals surface area contributed by atoms with Crippen molar-refractivity contribution in [3.63, 3.8) is 0 Å². The molecule has 0 saturated carbocycles. The lowest BCUT2D eigenvalue weighted by Gasteiger charge is -2.31. The Hall–Kier alpha value is -0.940. The molecule has 1 saturated heterocycles. The second-order valence-corrected chi connectivity index (χ2v) is 6.61.